The van der Waals surface area contributed by atoms with Gasteiger partial charge >= 0.3 is 0 Å². The minimum Gasteiger partial charge on any atom is -0.496 e. The molecule has 6 heteroatoms. The average molecular weight is 289 g/mol. The van der Waals surface area contributed by atoms with Gasteiger partial charge in [-0.2, -0.15) is 10.1 Å². The normalized spacial score (nSPS) is 10.3. The van der Waals surface area contributed by atoms with Crippen LogP contribution in [0.1, 0.15) is 0 Å². The Kier molecular flexibility index (Phi) is 2.93. The average Bonchev–Trinajstić information content (AvgIpc) is 2.65. The molecule has 1 heterocycles. The van der Waals surface area contributed by atoms with Crippen molar-refractivity contribution in [3.63, 3.8) is 0 Å². The number of hydrogen-bond acceptors (Lipinski definition) is 3. The van der Waals surface area contributed by atoms with E-state index in [9.17, 15) is 0 Å². The fourth-order valence-electron chi connectivity index (χ4n) is 1.18. The summed E-state index contributed by atoms with van der Waals surface area (Å²) in [6, 6.07) is 5.57. The van der Waals surface area contributed by atoms with Gasteiger partial charge in [-0.05, 0) is 45.7 Å². The van der Waals surface area contributed by atoms with Gasteiger partial charge in [-0.15, -0.1) is 0 Å². The summed E-state index contributed by atoms with van der Waals surface area (Å²) in [7, 11) is 1.61. The highest BCUT2D eigenvalue weighted by Gasteiger charge is 2.07. The topological polar surface area (TPSA) is 50.8 Å². The number of ether oxygens (including phenoxy) is 1. The summed E-state index contributed by atoms with van der Waals surface area (Å²) in [5.41, 5.74) is 0.867. The van der Waals surface area contributed by atoms with Crippen molar-refractivity contribution >= 4 is 27.5 Å². The Morgan fingerprint density at radius 1 is 1.47 bits per heavy atom. The summed E-state index contributed by atoms with van der Waals surface area (Å²) in [6.07, 6.45) is 0. The molecule has 0 saturated carbocycles. The zero-order chi connectivity index (χ0) is 10.8. The van der Waals surface area contributed by atoms with E-state index in [0.29, 0.717) is 5.82 Å². The lowest BCUT2D eigenvalue weighted by atomic mass is 10.2. The van der Waals surface area contributed by atoms with Crippen molar-refractivity contribution in [3.05, 3.63) is 28.0 Å². The van der Waals surface area contributed by atoms with Crippen molar-refractivity contribution < 1.29 is 4.74 Å². The number of nitrogens with one attached hydrogen (secondary N) is 1. The van der Waals surface area contributed by atoms with Crippen molar-refractivity contribution in [2.24, 2.45) is 0 Å². The third kappa shape index (κ3) is 2.13. The van der Waals surface area contributed by atoms with Gasteiger partial charge < -0.3 is 4.74 Å². The second kappa shape index (κ2) is 4.20. The molecule has 0 spiro atoms. The summed E-state index contributed by atoms with van der Waals surface area (Å²) in [5, 5.41) is 6.80. The van der Waals surface area contributed by atoms with Gasteiger partial charge in [0.05, 0.1) is 11.6 Å². The maximum Gasteiger partial charge on any atom is 0.218 e. The molecule has 2 rings (SSSR count). The number of rotatable bonds is 2. The van der Waals surface area contributed by atoms with Crippen LogP contribution in [0.15, 0.2) is 22.7 Å². The summed E-state index contributed by atoms with van der Waals surface area (Å²) < 4.78 is 5.97. The molecule has 0 aliphatic heterocycles. The molecule has 15 heavy (non-hydrogen) atoms. The number of aromatic nitrogens is 3. The van der Waals surface area contributed by atoms with E-state index < -0.39 is 0 Å². The quantitative estimate of drug-likeness (QED) is 0.924. The predicted octanol–water partition coefficient (Wildman–Crippen LogP) is 2.90. The van der Waals surface area contributed by atoms with Gasteiger partial charge in [0, 0.05) is 5.56 Å². The second-order valence-corrected chi connectivity index (χ2v) is 4.01. The van der Waals surface area contributed by atoms with E-state index in [1.165, 1.54) is 0 Å². The van der Waals surface area contributed by atoms with Crippen LogP contribution < -0.4 is 4.74 Å². The van der Waals surface area contributed by atoms with Gasteiger partial charge in [0.2, 0.25) is 5.28 Å². The van der Waals surface area contributed by atoms with Crippen LogP contribution in [0.5, 0.6) is 5.75 Å². The SMILES string of the molecule is COc1ccc(-c2n[nH]c(Cl)n2)cc1Br. The van der Waals surface area contributed by atoms with E-state index in [4.69, 9.17) is 16.3 Å². The molecule has 0 unspecified atom stereocenters. The molecule has 1 aromatic heterocycles. The van der Waals surface area contributed by atoms with Crippen LogP contribution in [0.3, 0.4) is 0 Å². The molecule has 1 N–H and O–H groups in total. The van der Waals surface area contributed by atoms with Crippen LogP contribution in [0.2, 0.25) is 5.28 Å². The highest BCUT2D eigenvalue weighted by molar-refractivity contribution is 9.10. The largest absolute Gasteiger partial charge is 0.496 e. The maximum absolute atomic E-state index is 5.64. The lowest BCUT2D eigenvalue weighted by molar-refractivity contribution is 0.412. The standard InChI is InChI=1S/C9H7BrClN3O/c1-15-7-3-2-5(4-6(7)10)8-12-9(11)14-13-8/h2-4H,1H3,(H,12,13,14). The van der Waals surface area contributed by atoms with E-state index in [1.54, 1.807) is 7.11 Å². The second-order valence-electron chi connectivity index (χ2n) is 2.80. The summed E-state index contributed by atoms with van der Waals surface area (Å²) >= 11 is 9.03. The van der Waals surface area contributed by atoms with Crippen molar-refractivity contribution in [2.45, 2.75) is 0 Å². The van der Waals surface area contributed by atoms with Crippen molar-refractivity contribution in [3.8, 4) is 17.1 Å². The van der Waals surface area contributed by atoms with E-state index in [1.807, 2.05) is 18.2 Å². The van der Waals surface area contributed by atoms with E-state index in [-0.39, 0.29) is 5.28 Å². The monoisotopic (exact) mass is 287 g/mol. The first-order valence-corrected chi connectivity index (χ1v) is 5.29. The third-order valence-corrected chi connectivity index (χ3v) is 2.66. The molecule has 0 fully saturated rings. The van der Waals surface area contributed by atoms with E-state index >= 15 is 0 Å². The van der Waals surface area contributed by atoms with Crippen LogP contribution in [0, 0.1) is 0 Å². The molecule has 0 amide bonds. The van der Waals surface area contributed by atoms with Gasteiger partial charge in [0.25, 0.3) is 0 Å². The van der Waals surface area contributed by atoms with Gasteiger partial charge in [-0.1, -0.05) is 0 Å². The smallest absolute Gasteiger partial charge is 0.218 e. The molecule has 78 valence electrons. The van der Waals surface area contributed by atoms with E-state index in [2.05, 4.69) is 31.1 Å². The van der Waals surface area contributed by atoms with Crippen LogP contribution in [0.4, 0.5) is 0 Å². The van der Waals surface area contributed by atoms with Crippen molar-refractivity contribution in [1.29, 1.82) is 0 Å². The molecule has 1 aromatic carbocycles. The lowest BCUT2D eigenvalue weighted by Crippen LogP contribution is -1.86. The first-order valence-electron chi connectivity index (χ1n) is 4.12. The summed E-state index contributed by atoms with van der Waals surface area (Å²) in [6.45, 7) is 0. The number of H-pyrrole nitrogens is 1. The van der Waals surface area contributed by atoms with Crippen molar-refractivity contribution in [1.82, 2.24) is 15.2 Å². The van der Waals surface area contributed by atoms with Crippen LogP contribution in [-0.4, -0.2) is 22.3 Å². The molecule has 0 bridgehead atoms. The fourth-order valence-corrected chi connectivity index (χ4v) is 1.84. The van der Waals surface area contributed by atoms with Crippen LogP contribution in [-0.2, 0) is 0 Å². The molecule has 4 nitrogen and oxygen atoms in total. The number of halogens is 2. The van der Waals surface area contributed by atoms with Gasteiger partial charge in [-0.3, -0.25) is 0 Å². The van der Waals surface area contributed by atoms with Crippen LogP contribution in [0.25, 0.3) is 11.4 Å². The minimum absolute atomic E-state index is 0.275. The summed E-state index contributed by atoms with van der Waals surface area (Å²) in [5.74, 6) is 1.32. The fraction of sp³-hybridized carbons (Fsp3) is 0.111. The number of aromatic amines is 1. The van der Waals surface area contributed by atoms with Gasteiger partial charge in [0.1, 0.15) is 5.75 Å². The highest BCUT2D eigenvalue weighted by atomic mass is 79.9. The molecule has 0 atom stereocenters. The Balaban J connectivity index is 2.42. The first kappa shape index (κ1) is 10.4. The number of hydrogen-bond donors (Lipinski definition) is 1. The summed E-state index contributed by atoms with van der Waals surface area (Å²) in [4.78, 5) is 4.01. The molecule has 0 aliphatic rings. The Bertz CT molecular complexity index is 486. The minimum atomic E-state index is 0.275. The van der Waals surface area contributed by atoms with Crippen molar-refractivity contribution in [2.75, 3.05) is 7.11 Å². The Morgan fingerprint density at radius 3 is 2.80 bits per heavy atom. The molecule has 0 radical (unpaired) electrons. The first-order chi connectivity index (χ1) is 7.20. The van der Waals surface area contributed by atoms with E-state index in [0.717, 1.165) is 15.8 Å². The van der Waals surface area contributed by atoms with Crippen LogP contribution >= 0.6 is 27.5 Å². The predicted molar refractivity (Wildman–Crippen MR) is 61.1 cm³/mol. The number of benzene rings is 1. The van der Waals surface area contributed by atoms with Gasteiger partial charge in [-0.25, -0.2) is 5.10 Å². The Hall–Kier alpha value is -1.07. The molecule has 0 aliphatic carbocycles. The highest BCUT2D eigenvalue weighted by Crippen LogP contribution is 2.29. The van der Waals surface area contributed by atoms with Gasteiger partial charge in [0.15, 0.2) is 5.82 Å². The molecule has 0 saturated heterocycles. The lowest BCUT2D eigenvalue weighted by Gasteiger charge is -2.03. The molecular formula is C9H7BrClN3O. The third-order valence-electron chi connectivity index (χ3n) is 1.87. The zero-order valence-corrected chi connectivity index (χ0v) is 10.1. The number of nitrogens with zero attached hydrogens (tertiary/aromatic N) is 2. The number of methoxy groups -OCH3 is 1. The molecular weight excluding hydrogens is 281 g/mol. The maximum atomic E-state index is 5.64. The molecule has 2 aromatic rings. The Labute approximate surface area is 99.8 Å². The Morgan fingerprint density at radius 2 is 2.27 bits per heavy atom. The zero-order valence-electron chi connectivity index (χ0n) is 7.79.